The van der Waals surface area contributed by atoms with E-state index in [0.717, 1.165) is 9.87 Å². The summed E-state index contributed by atoms with van der Waals surface area (Å²) in [4.78, 5) is 17.0. The summed E-state index contributed by atoms with van der Waals surface area (Å²) < 4.78 is 28.4. The molecule has 0 saturated carbocycles. The van der Waals surface area contributed by atoms with Gasteiger partial charge in [0.25, 0.3) is 15.9 Å². The molecule has 0 fully saturated rings. The molecule has 28 heavy (non-hydrogen) atoms. The summed E-state index contributed by atoms with van der Waals surface area (Å²) in [5, 5.41) is 8.82. The number of hydrogen-bond acceptors (Lipinski definition) is 6. The first-order chi connectivity index (χ1) is 13.2. The Hall–Kier alpha value is -2.43. The van der Waals surface area contributed by atoms with Gasteiger partial charge >= 0.3 is 0 Å². The van der Waals surface area contributed by atoms with Crippen LogP contribution in [0.5, 0.6) is 0 Å². The van der Waals surface area contributed by atoms with E-state index in [0.29, 0.717) is 10.8 Å². The molecule has 0 radical (unpaired) electrons. The van der Waals surface area contributed by atoms with Crippen molar-refractivity contribution >= 4 is 49.8 Å². The van der Waals surface area contributed by atoms with Crippen molar-refractivity contribution in [2.75, 3.05) is 16.7 Å². The van der Waals surface area contributed by atoms with Gasteiger partial charge in [-0.2, -0.15) is 5.10 Å². The van der Waals surface area contributed by atoms with Gasteiger partial charge in [-0.05, 0) is 19.1 Å². The van der Waals surface area contributed by atoms with Crippen LogP contribution in [0.2, 0.25) is 0 Å². The van der Waals surface area contributed by atoms with Crippen molar-refractivity contribution in [2.24, 2.45) is 7.05 Å². The van der Waals surface area contributed by atoms with Crippen molar-refractivity contribution < 1.29 is 13.2 Å². The first kappa shape index (κ1) is 20.3. The number of nitrogens with one attached hydrogen (secondary N) is 1. The predicted molar refractivity (Wildman–Crippen MR) is 110 cm³/mol. The molecule has 0 aliphatic rings. The summed E-state index contributed by atoms with van der Waals surface area (Å²) >= 11 is 6.96. The van der Waals surface area contributed by atoms with Crippen LogP contribution in [0.25, 0.3) is 0 Å². The average Bonchev–Trinajstić information content (AvgIpc) is 3.27. The minimum absolute atomic E-state index is 0.114. The zero-order valence-corrected chi connectivity index (χ0v) is 17.8. The topological polar surface area (TPSA) is 97.2 Å². The van der Waals surface area contributed by atoms with Gasteiger partial charge in [0.2, 0.25) is 0 Å². The van der Waals surface area contributed by atoms with Crippen molar-refractivity contribution in [2.45, 2.75) is 17.7 Å². The van der Waals surface area contributed by atoms with Gasteiger partial charge in [-0.15, -0.1) is 22.9 Å². The monoisotopic (exact) mass is 439 g/mol. The van der Waals surface area contributed by atoms with Crippen molar-refractivity contribution in [3.8, 4) is 0 Å². The standard InChI is InChI=1S/C17H18ClN5O3S2/c1-11-4-6-13(7-5-11)28(25,26)23(3)16-14(9-19-22(16)2)15(24)21-17-20-12(8-18)10-27-17/h4-7,9-10H,8H2,1-3H3,(H,20,21,24). The molecule has 8 nitrogen and oxygen atoms in total. The van der Waals surface area contributed by atoms with E-state index < -0.39 is 15.9 Å². The SMILES string of the molecule is Cc1ccc(S(=O)(=O)N(C)c2c(C(=O)Nc3nc(CCl)cs3)cnn2C)cc1. The number of sulfonamides is 1. The maximum Gasteiger partial charge on any atom is 0.265 e. The second-order valence-electron chi connectivity index (χ2n) is 6.02. The van der Waals surface area contributed by atoms with Gasteiger partial charge in [-0.3, -0.25) is 19.1 Å². The van der Waals surface area contributed by atoms with E-state index in [1.165, 1.54) is 41.4 Å². The van der Waals surface area contributed by atoms with Gasteiger partial charge in [-0.25, -0.2) is 13.4 Å². The largest absolute Gasteiger partial charge is 0.298 e. The molecule has 1 N–H and O–H groups in total. The molecule has 0 unspecified atom stereocenters. The fourth-order valence-electron chi connectivity index (χ4n) is 2.54. The lowest BCUT2D eigenvalue weighted by molar-refractivity contribution is 0.102. The van der Waals surface area contributed by atoms with Gasteiger partial charge in [0.05, 0.1) is 22.7 Å². The Morgan fingerprint density at radius 3 is 2.61 bits per heavy atom. The lowest BCUT2D eigenvalue weighted by Gasteiger charge is -2.20. The molecule has 1 aromatic carbocycles. The van der Waals surface area contributed by atoms with E-state index in [2.05, 4.69) is 15.4 Å². The zero-order chi connectivity index (χ0) is 20.5. The molecule has 3 rings (SSSR count). The van der Waals surface area contributed by atoms with Crippen molar-refractivity contribution in [3.05, 3.63) is 52.7 Å². The Morgan fingerprint density at radius 1 is 1.32 bits per heavy atom. The lowest BCUT2D eigenvalue weighted by atomic mass is 10.2. The van der Waals surface area contributed by atoms with E-state index >= 15 is 0 Å². The molecule has 0 aliphatic carbocycles. The van der Waals surface area contributed by atoms with E-state index in [-0.39, 0.29) is 22.2 Å². The predicted octanol–water partition coefficient (Wildman–Crippen LogP) is 3.00. The van der Waals surface area contributed by atoms with E-state index in [1.807, 2.05) is 6.92 Å². The van der Waals surface area contributed by atoms with Crippen LogP contribution in [0.3, 0.4) is 0 Å². The second-order valence-corrected chi connectivity index (χ2v) is 9.12. The van der Waals surface area contributed by atoms with Gasteiger partial charge in [0, 0.05) is 19.5 Å². The number of hydrogen-bond donors (Lipinski definition) is 1. The van der Waals surface area contributed by atoms with Crippen LogP contribution < -0.4 is 9.62 Å². The Kier molecular flexibility index (Phi) is 5.73. The Morgan fingerprint density at radius 2 is 2.00 bits per heavy atom. The van der Waals surface area contributed by atoms with E-state index in [1.54, 1.807) is 24.6 Å². The fraction of sp³-hybridized carbons (Fsp3) is 0.235. The zero-order valence-electron chi connectivity index (χ0n) is 15.4. The highest BCUT2D eigenvalue weighted by Crippen LogP contribution is 2.27. The quantitative estimate of drug-likeness (QED) is 0.595. The molecule has 0 bridgehead atoms. The number of nitrogens with zero attached hydrogens (tertiary/aromatic N) is 4. The summed E-state index contributed by atoms with van der Waals surface area (Å²) in [6, 6.07) is 6.49. The van der Waals surface area contributed by atoms with Crippen LogP contribution in [0.4, 0.5) is 10.9 Å². The average molecular weight is 440 g/mol. The molecule has 11 heteroatoms. The number of benzene rings is 1. The number of carbonyl (C=O) groups is 1. The number of thiazole rings is 1. The number of amides is 1. The third-order valence-electron chi connectivity index (χ3n) is 4.04. The first-order valence-corrected chi connectivity index (χ1v) is 11.0. The Labute approximate surface area is 171 Å². The smallest absolute Gasteiger partial charge is 0.265 e. The van der Waals surface area contributed by atoms with Crippen LogP contribution in [0.15, 0.2) is 40.7 Å². The van der Waals surface area contributed by atoms with Gasteiger partial charge in [-0.1, -0.05) is 17.7 Å². The van der Waals surface area contributed by atoms with Crippen molar-refractivity contribution in [1.82, 2.24) is 14.8 Å². The molecule has 0 saturated heterocycles. The summed E-state index contributed by atoms with van der Waals surface area (Å²) in [5.74, 6) is -0.126. The number of carbonyl (C=O) groups excluding carboxylic acids is 1. The molecule has 0 atom stereocenters. The molecular formula is C17H18ClN5O3S2. The molecule has 148 valence electrons. The van der Waals surface area contributed by atoms with E-state index in [4.69, 9.17) is 11.6 Å². The minimum atomic E-state index is -3.87. The van der Waals surface area contributed by atoms with Crippen LogP contribution in [-0.4, -0.2) is 36.1 Å². The number of alkyl halides is 1. The highest BCUT2D eigenvalue weighted by atomic mass is 35.5. The van der Waals surface area contributed by atoms with Crippen molar-refractivity contribution in [1.29, 1.82) is 0 Å². The Bertz CT molecular complexity index is 1110. The molecule has 1 amide bonds. The molecule has 0 spiro atoms. The van der Waals surface area contributed by atoms with Crippen LogP contribution in [0.1, 0.15) is 21.6 Å². The summed E-state index contributed by atoms with van der Waals surface area (Å²) in [5.41, 5.74) is 1.71. The number of aromatic nitrogens is 3. The molecular weight excluding hydrogens is 422 g/mol. The molecule has 2 heterocycles. The highest BCUT2D eigenvalue weighted by molar-refractivity contribution is 7.92. The molecule has 0 aliphatic heterocycles. The maximum atomic E-state index is 13.0. The highest BCUT2D eigenvalue weighted by Gasteiger charge is 2.28. The molecule has 3 aromatic rings. The van der Waals surface area contributed by atoms with Crippen molar-refractivity contribution in [3.63, 3.8) is 0 Å². The van der Waals surface area contributed by atoms with Gasteiger partial charge in [0.1, 0.15) is 5.56 Å². The minimum Gasteiger partial charge on any atom is -0.298 e. The normalized spacial score (nSPS) is 11.4. The summed E-state index contributed by atoms with van der Waals surface area (Å²) in [6.45, 7) is 1.87. The third-order valence-corrected chi connectivity index (χ3v) is 6.88. The number of anilines is 2. The summed E-state index contributed by atoms with van der Waals surface area (Å²) in [7, 11) is -0.909. The first-order valence-electron chi connectivity index (χ1n) is 8.13. The second kappa shape index (κ2) is 7.90. The maximum absolute atomic E-state index is 13.0. The van der Waals surface area contributed by atoms with Gasteiger partial charge < -0.3 is 0 Å². The van der Waals surface area contributed by atoms with Crippen LogP contribution >= 0.6 is 22.9 Å². The molecule has 2 aromatic heterocycles. The van der Waals surface area contributed by atoms with Crippen LogP contribution in [0, 0.1) is 6.92 Å². The summed E-state index contributed by atoms with van der Waals surface area (Å²) in [6.07, 6.45) is 1.32. The third kappa shape index (κ3) is 3.89. The van der Waals surface area contributed by atoms with Crippen LogP contribution in [-0.2, 0) is 23.0 Å². The lowest BCUT2D eigenvalue weighted by Crippen LogP contribution is -2.30. The van der Waals surface area contributed by atoms with Gasteiger partial charge in [0.15, 0.2) is 10.9 Å². The Balaban J connectivity index is 1.93. The van der Waals surface area contributed by atoms with E-state index in [9.17, 15) is 13.2 Å². The number of aryl methyl sites for hydroxylation is 2. The number of halogens is 1. The number of rotatable bonds is 6. The fourth-order valence-corrected chi connectivity index (χ4v) is 4.71.